The molecule has 6 nitrogen and oxygen atoms in total. The van der Waals surface area contributed by atoms with Crippen molar-refractivity contribution in [3.8, 4) is 0 Å². The third kappa shape index (κ3) is 4.57. The van der Waals surface area contributed by atoms with Gasteiger partial charge in [0.1, 0.15) is 5.69 Å². The number of ether oxygens (including phenoxy) is 2. The summed E-state index contributed by atoms with van der Waals surface area (Å²) in [5.74, 6) is -0.687. The van der Waals surface area contributed by atoms with Gasteiger partial charge in [-0.3, -0.25) is 4.79 Å². The summed E-state index contributed by atoms with van der Waals surface area (Å²) in [7, 11) is 0. The van der Waals surface area contributed by atoms with E-state index in [0.29, 0.717) is 26.3 Å². The van der Waals surface area contributed by atoms with Gasteiger partial charge in [0.25, 0.3) is 5.91 Å². The molecule has 1 aromatic rings. The van der Waals surface area contributed by atoms with E-state index in [9.17, 15) is 9.59 Å². The number of carbonyl (C=O) groups excluding carboxylic acids is 2. The second-order valence-electron chi connectivity index (χ2n) is 3.84. The highest BCUT2D eigenvalue weighted by atomic mass is 32.1. The number of aromatic nitrogens is 1. The molecule has 0 saturated heterocycles. The Morgan fingerprint density at radius 2 is 2.05 bits per heavy atom. The van der Waals surface area contributed by atoms with Gasteiger partial charge in [-0.15, -0.1) is 11.3 Å². The Kier molecular flexibility index (Phi) is 7.17. The molecule has 0 fully saturated rings. The molecule has 0 aliphatic carbocycles. The Morgan fingerprint density at radius 1 is 1.30 bits per heavy atom. The number of hydrogen-bond acceptors (Lipinski definition) is 6. The standard InChI is InChI=1S/C13H20N2O4S/c1-4-15(7-8-18-5-2)12(16)10-9-20-11(14-10)13(17)19-6-3/h9H,4-8H2,1-3H3. The molecule has 7 heteroatoms. The predicted molar refractivity (Wildman–Crippen MR) is 76.1 cm³/mol. The number of esters is 1. The number of hydrogen-bond donors (Lipinski definition) is 0. The van der Waals surface area contributed by atoms with Crippen molar-refractivity contribution in [1.29, 1.82) is 0 Å². The molecule has 0 aliphatic rings. The van der Waals surface area contributed by atoms with Crippen LogP contribution in [0.5, 0.6) is 0 Å². The molecule has 0 aliphatic heterocycles. The SMILES string of the molecule is CCOCCN(CC)C(=O)c1csc(C(=O)OCC)n1. The highest BCUT2D eigenvalue weighted by molar-refractivity contribution is 7.11. The van der Waals surface area contributed by atoms with Crippen molar-refractivity contribution in [3.63, 3.8) is 0 Å². The zero-order valence-electron chi connectivity index (χ0n) is 12.0. The summed E-state index contributed by atoms with van der Waals surface area (Å²) in [6.45, 7) is 8.00. The average Bonchev–Trinajstić information content (AvgIpc) is 2.93. The summed E-state index contributed by atoms with van der Waals surface area (Å²) in [6, 6.07) is 0. The van der Waals surface area contributed by atoms with Crippen LogP contribution in [0.15, 0.2) is 5.38 Å². The van der Waals surface area contributed by atoms with Crippen molar-refractivity contribution in [3.05, 3.63) is 16.1 Å². The molecule has 0 radical (unpaired) electrons. The molecule has 0 saturated carbocycles. The number of nitrogens with zero attached hydrogens (tertiary/aromatic N) is 2. The fourth-order valence-corrected chi connectivity index (χ4v) is 2.23. The predicted octanol–water partition coefficient (Wildman–Crippen LogP) is 1.82. The number of amides is 1. The Hall–Kier alpha value is -1.47. The van der Waals surface area contributed by atoms with Gasteiger partial charge < -0.3 is 14.4 Å². The van der Waals surface area contributed by atoms with Crippen LogP contribution in [0.25, 0.3) is 0 Å². The molecular weight excluding hydrogens is 280 g/mol. The van der Waals surface area contributed by atoms with Crippen LogP contribution in [-0.2, 0) is 9.47 Å². The van der Waals surface area contributed by atoms with Gasteiger partial charge in [-0.1, -0.05) is 0 Å². The summed E-state index contributed by atoms with van der Waals surface area (Å²) >= 11 is 1.12. The molecule has 1 amide bonds. The van der Waals surface area contributed by atoms with Gasteiger partial charge >= 0.3 is 5.97 Å². The summed E-state index contributed by atoms with van der Waals surface area (Å²) < 4.78 is 10.1. The molecule has 1 rings (SSSR count). The highest BCUT2D eigenvalue weighted by Gasteiger charge is 2.20. The summed E-state index contributed by atoms with van der Waals surface area (Å²) in [6.07, 6.45) is 0. The Bertz CT molecular complexity index is 447. The fraction of sp³-hybridized carbons (Fsp3) is 0.615. The van der Waals surface area contributed by atoms with Crippen molar-refractivity contribution >= 4 is 23.2 Å². The lowest BCUT2D eigenvalue weighted by atomic mass is 10.4. The lowest BCUT2D eigenvalue weighted by Crippen LogP contribution is -2.34. The Morgan fingerprint density at radius 3 is 2.65 bits per heavy atom. The van der Waals surface area contributed by atoms with Crippen LogP contribution < -0.4 is 0 Å². The number of thiazole rings is 1. The minimum Gasteiger partial charge on any atom is -0.461 e. The quantitative estimate of drug-likeness (QED) is 0.541. The van der Waals surface area contributed by atoms with Crippen molar-refractivity contribution in [1.82, 2.24) is 9.88 Å². The van der Waals surface area contributed by atoms with E-state index in [1.165, 1.54) is 0 Å². The molecule has 0 atom stereocenters. The maximum Gasteiger partial charge on any atom is 0.367 e. The van der Waals surface area contributed by atoms with Crippen LogP contribution in [-0.4, -0.2) is 54.7 Å². The third-order valence-electron chi connectivity index (χ3n) is 2.55. The summed E-state index contributed by atoms with van der Waals surface area (Å²) in [4.78, 5) is 29.4. The summed E-state index contributed by atoms with van der Waals surface area (Å²) in [5.41, 5.74) is 0.274. The molecule has 1 aromatic heterocycles. The first-order chi connectivity index (χ1) is 9.63. The maximum absolute atomic E-state index is 12.2. The lowest BCUT2D eigenvalue weighted by Gasteiger charge is -2.19. The van der Waals surface area contributed by atoms with Gasteiger partial charge in [0, 0.05) is 25.1 Å². The van der Waals surface area contributed by atoms with Crippen LogP contribution in [0, 0.1) is 0 Å². The first-order valence-electron chi connectivity index (χ1n) is 6.63. The van der Waals surface area contributed by atoms with E-state index in [2.05, 4.69) is 4.98 Å². The van der Waals surface area contributed by atoms with Gasteiger partial charge in [0.2, 0.25) is 5.01 Å². The van der Waals surface area contributed by atoms with Gasteiger partial charge in [-0.25, -0.2) is 9.78 Å². The molecular formula is C13H20N2O4S. The third-order valence-corrected chi connectivity index (χ3v) is 3.37. The molecule has 0 unspecified atom stereocenters. The van der Waals surface area contributed by atoms with Crippen molar-refractivity contribution < 1.29 is 19.1 Å². The van der Waals surface area contributed by atoms with Crippen molar-refractivity contribution in [2.45, 2.75) is 20.8 Å². The van der Waals surface area contributed by atoms with Crippen LogP contribution in [0.3, 0.4) is 0 Å². The minimum absolute atomic E-state index is 0.195. The van der Waals surface area contributed by atoms with Gasteiger partial charge in [0.15, 0.2) is 0 Å². The topological polar surface area (TPSA) is 68.7 Å². The first kappa shape index (κ1) is 16.6. The van der Waals surface area contributed by atoms with E-state index in [0.717, 1.165) is 11.3 Å². The zero-order chi connectivity index (χ0) is 15.0. The number of likely N-dealkylation sites (N-methyl/N-ethyl adjacent to an activating group) is 1. The maximum atomic E-state index is 12.2. The van der Waals surface area contributed by atoms with Crippen LogP contribution in [0.1, 0.15) is 41.1 Å². The minimum atomic E-state index is -0.492. The zero-order valence-corrected chi connectivity index (χ0v) is 12.9. The second-order valence-corrected chi connectivity index (χ2v) is 4.70. The van der Waals surface area contributed by atoms with Gasteiger partial charge in [0.05, 0.1) is 13.2 Å². The van der Waals surface area contributed by atoms with Crippen LogP contribution >= 0.6 is 11.3 Å². The molecule has 0 bridgehead atoms. The second kappa shape index (κ2) is 8.65. The molecule has 0 spiro atoms. The van der Waals surface area contributed by atoms with E-state index in [4.69, 9.17) is 9.47 Å². The van der Waals surface area contributed by atoms with E-state index >= 15 is 0 Å². The molecule has 0 aromatic carbocycles. The fourth-order valence-electron chi connectivity index (χ4n) is 1.54. The molecule has 0 N–H and O–H groups in total. The monoisotopic (exact) mass is 300 g/mol. The smallest absolute Gasteiger partial charge is 0.367 e. The van der Waals surface area contributed by atoms with Gasteiger partial charge in [-0.05, 0) is 20.8 Å². The molecule has 1 heterocycles. The number of carbonyl (C=O) groups is 2. The first-order valence-corrected chi connectivity index (χ1v) is 7.51. The van der Waals surface area contributed by atoms with Crippen LogP contribution in [0.2, 0.25) is 0 Å². The van der Waals surface area contributed by atoms with E-state index < -0.39 is 5.97 Å². The van der Waals surface area contributed by atoms with Crippen molar-refractivity contribution in [2.75, 3.05) is 32.9 Å². The Balaban J connectivity index is 2.68. The van der Waals surface area contributed by atoms with E-state index in [-0.39, 0.29) is 23.2 Å². The Labute approximate surface area is 122 Å². The lowest BCUT2D eigenvalue weighted by molar-refractivity contribution is 0.0525. The average molecular weight is 300 g/mol. The largest absolute Gasteiger partial charge is 0.461 e. The van der Waals surface area contributed by atoms with Crippen molar-refractivity contribution in [2.24, 2.45) is 0 Å². The summed E-state index contributed by atoms with van der Waals surface area (Å²) in [5, 5.41) is 1.79. The van der Waals surface area contributed by atoms with Gasteiger partial charge in [-0.2, -0.15) is 0 Å². The highest BCUT2D eigenvalue weighted by Crippen LogP contribution is 2.13. The molecule has 20 heavy (non-hydrogen) atoms. The normalized spacial score (nSPS) is 10.3. The van der Waals surface area contributed by atoms with E-state index in [1.54, 1.807) is 17.2 Å². The molecule has 112 valence electrons. The van der Waals surface area contributed by atoms with E-state index in [1.807, 2.05) is 13.8 Å². The van der Waals surface area contributed by atoms with Crippen LogP contribution in [0.4, 0.5) is 0 Å². The number of rotatable bonds is 8.